The molecule has 0 aliphatic heterocycles. The van der Waals surface area contributed by atoms with Crippen molar-refractivity contribution in [3.8, 4) is 17.2 Å². The van der Waals surface area contributed by atoms with Crippen LogP contribution in [0, 0.1) is 11.3 Å². The van der Waals surface area contributed by atoms with Crippen molar-refractivity contribution in [2.75, 3.05) is 0 Å². The molecular weight excluding hydrogens is 266 g/mol. The molecule has 0 saturated carbocycles. The third kappa shape index (κ3) is 2.95. The van der Waals surface area contributed by atoms with Crippen LogP contribution >= 0.6 is 0 Å². The highest BCUT2D eigenvalue weighted by Gasteiger charge is 2.19. The second-order valence-electron chi connectivity index (χ2n) is 5.54. The zero-order chi connectivity index (χ0) is 15.6. The van der Waals surface area contributed by atoms with Crippen LogP contribution in [0.3, 0.4) is 0 Å². The summed E-state index contributed by atoms with van der Waals surface area (Å²) in [6.07, 6.45) is 3.35. The molecule has 0 bridgehead atoms. The van der Waals surface area contributed by atoms with E-state index < -0.39 is 17.4 Å². The quantitative estimate of drug-likeness (QED) is 0.935. The van der Waals surface area contributed by atoms with Crippen molar-refractivity contribution in [2.24, 2.45) is 0 Å². The minimum absolute atomic E-state index is 0.527. The van der Waals surface area contributed by atoms with Crippen LogP contribution in [-0.4, -0.2) is 20.9 Å². The molecule has 1 atom stereocenters. The Morgan fingerprint density at radius 3 is 2.48 bits per heavy atom. The number of hydrogen-bond acceptors (Lipinski definition) is 3. The van der Waals surface area contributed by atoms with Gasteiger partial charge in [0.25, 0.3) is 0 Å². The van der Waals surface area contributed by atoms with Gasteiger partial charge in [0.05, 0.1) is 17.7 Å². The summed E-state index contributed by atoms with van der Waals surface area (Å²) in [6.45, 7) is 5.32. The summed E-state index contributed by atoms with van der Waals surface area (Å²) < 4.78 is 1.42. The van der Waals surface area contributed by atoms with Crippen molar-refractivity contribution in [2.45, 2.75) is 32.2 Å². The van der Waals surface area contributed by atoms with Crippen molar-refractivity contribution in [1.29, 1.82) is 5.26 Å². The van der Waals surface area contributed by atoms with E-state index in [4.69, 9.17) is 10.4 Å². The zero-order valence-electron chi connectivity index (χ0n) is 12.2. The summed E-state index contributed by atoms with van der Waals surface area (Å²) in [5.74, 6) is -0.921. The van der Waals surface area contributed by atoms with Crippen LogP contribution in [0.5, 0.6) is 0 Å². The zero-order valence-corrected chi connectivity index (χ0v) is 12.2. The molecule has 21 heavy (non-hydrogen) atoms. The summed E-state index contributed by atoms with van der Waals surface area (Å²) in [6, 6.07) is 9.23. The van der Waals surface area contributed by atoms with E-state index in [1.165, 1.54) is 4.68 Å². The van der Waals surface area contributed by atoms with E-state index >= 15 is 0 Å². The normalized spacial score (nSPS) is 12.7. The van der Waals surface area contributed by atoms with E-state index in [-0.39, 0.29) is 0 Å². The molecule has 0 spiro atoms. The third-order valence-electron chi connectivity index (χ3n) is 3.58. The van der Waals surface area contributed by atoms with Gasteiger partial charge in [-0.15, -0.1) is 0 Å². The van der Waals surface area contributed by atoms with E-state index in [9.17, 15) is 4.79 Å². The topological polar surface area (TPSA) is 78.9 Å². The molecular formula is C16H17N3O2. The SMILES string of the molecule is C[C@H](C(=O)O)n1cc(-c2ccc(C(C)(C)C#N)cc2)cn1. The standard InChI is InChI=1S/C16H17N3O2/c1-11(15(20)21)19-9-13(8-18-19)12-4-6-14(7-5-12)16(2,3)10-17/h4-9,11H,1-3H3,(H,20,21)/t11-/m1/s1. The van der Waals surface area contributed by atoms with Gasteiger partial charge in [0.2, 0.25) is 0 Å². The Bertz CT molecular complexity index is 693. The van der Waals surface area contributed by atoms with Crippen molar-refractivity contribution in [1.82, 2.24) is 9.78 Å². The molecule has 0 radical (unpaired) electrons. The first-order valence-corrected chi connectivity index (χ1v) is 6.64. The number of carboxylic acids is 1. The Morgan fingerprint density at radius 1 is 1.33 bits per heavy atom. The highest BCUT2D eigenvalue weighted by atomic mass is 16.4. The summed E-state index contributed by atoms with van der Waals surface area (Å²) in [4.78, 5) is 10.9. The minimum atomic E-state index is -0.921. The molecule has 5 heteroatoms. The van der Waals surface area contributed by atoms with Crippen LogP contribution in [0.2, 0.25) is 0 Å². The number of aromatic nitrogens is 2. The number of hydrogen-bond donors (Lipinski definition) is 1. The first kappa shape index (κ1) is 14.8. The van der Waals surface area contributed by atoms with E-state index in [1.807, 2.05) is 38.1 Å². The van der Waals surface area contributed by atoms with Crippen molar-refractivity contribution in [3.05, 3.63) is 42.2 Å². The van der Waals surface area contributed by atoms with E-state index in [1.54, 1.807) is 19.3 Å². The fourth-order valence-corrected chi connectivity index (χ4v) is 1.96. The maximum atomic E-state index is 10.9. The van der Waals surface area contributed by atoms with Crippen molar-refractivity contribution < 1.29 is 9.90 Å². The van der Waals surface area contributed by atoms with Crippen LogP contribution in [-0.2, 0) is 10.2 Å². The third-order valence-corrected chi connectivity index (χ3v) is 3.58. The second-order valence-corrected chi connectivity index (χ2v) is 5.54. The molecule has 0 fully saturated rings. The Morgan fingerprint density at radius 2 is 1.95 bits per heavy atom. The molecule has 1 aromatic heterocycles. The fraction of sp³-hybridized carbons (Fsp3) is 0.312. The first-order valence-electron chi connectivity index (χ1n) is 6.64. The van der Waals surface area contributed by atoms with E-state index in [0.29, 0.717) is 0 Å². The van der Waals surface area contributed by atoms with Crippen LogP contribution in [0.25, 0.3) is 11.1 Å². The lowest BCUT2D eigenvalue weighted by Crippen LogP contribution is -2.15. The maximum Gasteiger partial charge on any atom is 0.328 e. The monoisotopic (exact) mass is 283 g/mol. The molecule has 0 saturated heterocycles. The van der Waals surface area contributed by atoms with Crippen LogP contribution in [0.1, 0.15) is 32.4 Å². The fourth-order valence-electron chi connectivity index (χ4n) is 1.96. The first-order chi connectivity index (χ1) is 9.85. The molecule has 1 heterocycles. The van der Waals surface area contributed by atoms with Gasteiger partial charge in [-0.1, -0.05) is 24.3 Å². The van der Waals surface area contributed by atoms with Crippen molar-refractivity contribution in [3.63, 3.8) is 0 Å². The van der Waals surface area contributed by atoms with Crippen LogP contribution < -0.4 is 0 Å². The lowest BCUT2D eigenvalue weighted by atomic mass is 9.86. The number of nitriles is 1. The number of carboxylic acid groups (broad SMARTS) is 1. The number of rotatable bonds is 4. The van der Waals surface area contributed by atoms with Gasteiger partial charge in [0, 0.05) is 11.8 Å². The lowest BCUT2D eigenvalue weighted by molar-refractivity contribution is -0.140. The van der Waals surface area contributed by atoms with Gasteiger partial charge in [-0.25, -0.2) is 4.79 Å². The summed E-state index contributed by atoms with van der Waals surface area (Å²) >= 11 is 0. The molecule has 1 aromatic carbocycles. The second kappa shape index (κ2) is 5.41. The van der Waals surface area contributed by atoms with Gasteiger partial charge in [0.1, 0.15) is 6.04 Å². The van der Waals surface area contributed by atoms with E-state index in [0.717, 1.165) is 16.7 Å². The average molecular weight is 283 g/mol. The number of carbonyl (C=O) groups is 1. The molecule has 0 unspecified atom stereocenters. The number of benzene rings is 1. The minimum Gasteiger partial charge on any atom is -0.480 e. The Labute approximate surface area is 123 Å². The van der Waals surface area contributed by atoms with Gasteiger partial charge in [0.15, 0.2) is 0 Å². The molecule has 0 aliphatic carbocycles. The molecule has 0 aliphatic rings. The van der Waals surface area contributed by atoms with Gasteiger partial charge in [-0.05, 0) is 31.9 Å². The smallest absolute Gasteiger partial charge is 0.328 e. The van der Waals surface area contributed by atoms with Gasteiger partial charge >= 0.3 is 5.97 Å². The Balaban J connectivity index is 2.28. The lowest BCUT2D eigenvalue weighted by Gasteiger charge is -2.15. The van der Waals surface area contributed by atoms with Crippen LogP contribution in [0.4, 0.5) is 0 Å². The highest BCUT2D eigenvalue weighted by Crippen LogP contribution is 2.26. The average Bonchev–Trinajstić information content (AvgIpc) is 2.96. The summed E-state index contributed by atoms with van der Waals surface area (Å²) in [7, 11) is 0. The number of aliphatic carboxylic acids is 1. The maximum absolute atomic E-state index is 10.9. The predicted octanol–water partition coefficient (Wildman–Crippen LogP) is 3.00. The Kier molecular flexibility index (Phi) is 3.81. The van der Waals surface area contributed by atoms with Gasteiger partial charge < -0.3 is 5.11 Å². The molecule has 0 amide bonds. The van der Waals surface area contributed by atoms with E-state index in [2.05, 4.69) is 11.2 Å². The molecule has 2 rings (SSSR count). The Hall–Kier alpha value is -2.61. The summed E-state index contributed by atoms with van der Waals surface area (Å²) in [5.41, 5.74) is 2.21. The molecule has 5 nitrogen and oxygen atoms in total. The highest BCUT2D eigenvalue weighted by molar-refractivity contribution is 5.71. The largest absolute Gasteiger partial charge is 0.480 e. The summed E-state index contributed by atoms with van der Waals surface area (Å²) in [5, 5.41) is 22.2. The molecule has 2 aromatic rings. The number of nitrogens with zero attached hydrogens (tertiary/aromatic N) is 3. The van der Waals surface area contributed by atoms with Gasteiger partial charge in [-0.3, -0.25) is 4.68 Å². The predicted molar refractivity (Wildman–Crippen MR) is 78.6 cm³/mol. The molecule has 108 valence electrons. The van der Waals surface area contributed by atoms with Gasteiger partial charge in [-0.2, -0.15) is 10.4 Å². The molecule has 1 N–H and O–H groups in total. The van der Waals surface area contributed by atoms with Crippen LogP contribution in [0.15, 0.2) is 36.7 Å². The van der Waals surface area contributed by atoms with Crippen molar-refractivity contribution >= 4 is 5.97 Å².